The Bertz CT molecular complexity index is 1440. The summed E-state index contributed by atoms with van der Waals surface area (Å²) in [6.07, 6.45) is -2.94. The summed E-state index contributed by atoms with van der Waals surface area (Å²) in [7, 11) is 0. The molecule has 4 rings (SSSR count). The lowest BCUT2D eigenvalue weighted by atomic mass is 10.1. The van der Waals surface area contributed by atoms with Crippen LogP contribution in [0.3, 0.4) is 0 Å². The number of nitrogens with one attached hydrogen (secondary N) is 1. The van der Waals surface area contributed by atoms with Crippen LogP contribution in [0.25, 0.3) is 11.8 Å². The number of benzene rings is 2. The maximum atomic E-state index is 12.9. The number of anilines is 1. The van der Waals surface area contributed by atoms with E-state index in [4.69, 9.17) is 0 Å². The largest absolute Gasteiger partial charge is 0.416 e. The molecule has 3 aromatic rings. The molecule has 1 aliphatic heterocycles. The van der Waals surface area contributed by atoms with Crippen LogP contribution in [0, 0.1) is 27.7 Å². The average molecular weight is 528 g/mol. The van der Waals surface area contributed by atoms with E-state index in [9.17, 15) is 27.6 Å². The number of carbonyl (C=O) groups is 3. The fraction of sp³-hybridized carbons (Fsp3) is 0.222. The minimum Gasteiger partial charge on any atom is -0.325 e. The molecule has 2 heterocycles. The fourth-order valence-electron chi connectivity index (χ4n) is 4.31. The van der Waals surface area contributed by atoms with Crippen molar-refractivity contribution in [1.82, 2.24) is 9.47 Å². The van der Waals surface area contributed by atoms with Gasteiger partial charge in [-0.1, -0.05) is 12.1 Å². The lowest BCUT2D eigenvalue weighted by molar-refractivity contribution is -0.137. The Labute approximate surface area is 216 Å². The highest BCUT2D eigenvalue weighted by atomic mass is 32.2. The van der Waals surface area contributed by atoms with Crippen molar-refractivity contribution in [2.24, 2.45) is 0 Å². The monoisotopic (exact) mass is 527 g/mol. The van der Waals surface area contributed by atoms with Crippen molar-refractivity contribution >= 4 is 40.6 Å². The van der Waals surface area contributed by atoms with Crippen LogP contribution in [-0.4, -0.2) is 33.1 Å². The highest BCUT2D eigenvalue weighted by Gasteiger charge is 2.37. The number of hydrogen-bond donors (Lipinski definition) is 1. The van der Waals surface area contributed by atoms with Gasteiger partial charge in [-0.25, -0.2) is 0 Å². The summed E-state index contributed by atoms with van der Waals surface area (Å²) >= 11 is 0.716. The van der Waals surface area contributed by atoms with E-state index in [2.05, 4.69) is 28.1 Å². The van der Waals surface area contributed by atoms with Crippen LogP contribution in [0.1, 0.15) is 33.6 Å². The summed E-state index contributed by atoms with van der Waals surface area (Å²) in [6, 6.07) is 12.3. The van der Waals surface area contributed by atoms with Gasteiger partial charge in [0.05, 0.1) is 10.5 Å². The zero-order valence-electron chi connectivity index (χ0n) is 20.6. The molecule has 1 N–H and O–H groups in total. The third kappa shape index (κ3) is 5.64. The number of imide groups is 1. The molecule has 1 aromatic heterocycles. The molecule has 0 aliphatic carbocycles. The molecule has 3 amide bonds. The maximum Gasteiger partial charge on any atom is 0.416 e. The number of hydrogen-bond acceptors (Lipinski definition) is 4. The van der Waals surface area contributed by atoms with E-state index >= 15 is 0 Å². The number of thioether (sulfide) groups is 1. The maximum absolute atomic E-state index is 12.9. The summed E-state index contributed by atoms with van der Waals surface area (Å²) in [6.45, 7) is 7.30. The number of rotatable bonds is 5. The van der Waals surface area contributed by atoms with E-state index in [1.807, 2.05) is 33.8 Å². The summed E-state index contributed by atoms with van der Waals surface area (Å²) in [5, 5.41) is 1.69. The summed E-state index contributed by atoms with van der Waals surface area (Å²) in [4.78, 5) is 38.8. The summed E-state index contributed by atoms with van der Waals surface area (Å²) in [5.74, 6) is -1.42. The second-order valence-electron chi connectivity index (χ2n) is 8.90. The van der Waals surface area contributed by atoms with Crippen LogP contribution in [-0.2, 0) is 15.8 Å². The molecule has 192 valence electrons. The zero-order valence-corrected chi connectivity index (χ0v) is 21.4. The number of amides is 3. The lowest BCUT2D eigenvalue weighted by Gasteiger charge is -2.13. The summed E-state index contributed by atoms with van der Waals surface area (Å²) < 4.78 is 40.8. The molecule has 0 saturated carbocycles. The molecule has 0 unspecified atom stereocenters. The van der Waals surface area contributed by atoms with Crippen molar-refractivity contribution in [2.45, 2.75) is 33.9 Å². The average Bonchev–Trinajstić information content (AvgIpc) is 3.21. The van der Waals surface area contributed by atoms with Gasteiger partial charge in [0.2, 0.25) is 5.91 Å². The minimum absolute atomic E-state index is 0.0823. The number of nitrogens with zero attached hydrogens (tertiary/aromatic N) is 2. The van der Waals surface area contributed by atoms with Gasteiger partial charge in [-0.3, -0.25) is 19.3 Å². The molecular weight excluding hydrogens is 503 g/mol. The number of alkyl halides is 3. The second-order valence-corrected chi connectivity index (χ2v) is 9.90. The molecule has 1 saturated heterocycles. The van der Waals surface area contributed by atoms with Gasteiger partial charge in [-0.2, -0.15) is 13.2 Å². The van der Waals surface area contributed by atoms with Crippen LogP contribution in [0.4, 0.5) is 23.7 Å². The van der Waals surface area contributed by atoms with Gasteiger partial charge in [-0.05, 0) is 98.6 Å². The van der Waals surface area contributed by atoms with E-state index in [0.29, 0.717) is 11.8 Å². The Hall–Kier alpha value is -3.79. The molecule has 0 spiro atoms. The Morgan fingerprint density at radius 3 is 2.32 bits per heavy atom. The molecule has 1 fully saturated rings. The first-order valence-electron chi connectivity index (χ1n) is 11.3. The predicted octanol–water partition coefficient (Wildman–Crippen LogP) is 6.40. The SMILES string of the molecule is Cc1cc(C)cc(-n2c(C)cc(/C=C3\SC(=O)N(CC(=O)Nc4cccc(C(F)(F)F)c4)C3=O)c2C)c1. The van der Waals surface area contributed by atoms with Crippen LogP contribution in [0.5, 0.6) is 0 Å². The van der Waals surface area contributed by atoms with Gasteiger partial charge in [-0.15, -0.1) is 0 Å². The lowest BCUT2D eigenvalue weighted by Crippen LogP contribution is -2.36. The van der Waals surface area contributed by atoms with Crippen LogP contribution >= 0.6 is 11.8 Å². The number of aromatic nitrogens is 1. The highest BCUT2D eigenvalue weighted by molar-refractivity contribution is 8.18. The third-order valence-corrected chi connectivity index (χ3v) is 6.78. The van der Waals surface area contributed by atoms with Crippen LogP contribution in [0.2, 0.25) is 0 Å². The zero-order chi connectivity index (χ0) is 27.1. The van der Waals surface area contributed by atoms with Crippen molar-refractivity contribution in [3.63, 3.8) is 0 Å². The number of carbonyl (C=O) groups excluding carboxylic acids is 3. The normalized spacial score (nSPS) is 15.1. The molecule has 0 bridgehead atoms. The Balaban J connectivity index is 1.52. The molecule has 1 aliphatic rings. The molecule has 10 heteroatoms. The smallest absolute Gasteiger partial charge is 0.325 e. The molecule has 6 nitrogen and oxygen atoms in total. The molecule has 37 heavy (non-hydrogen) atoms. The van der Waals surface area contributed by atoms with Gasteiger partial charge in [0, 0.05) is 22.8 Å². The molecular formula is C27H24F3N3O3S. The molecule has 0 radical (unpaired) electrons. The quantitative estimate of drug-likeness (QED) is 0.390. The molecule has 2 aromatic carbocycles. The Kier molecular flexibility index (Phi) is 7.05. The van der Waals surface area contributed by atoms with Gasteiger partial charge in [0.15, 0.2) is 0 Å². The number of aryl methyl sites for hydroxylation is 3. The van der Waals surface area contributed by atoms with Crippen molar-refractivity contribution in [1.29, 1.82) is 0 Å². The van der Waals surface area contributed by atoms with Crippen LogP contribution in [0.15, 0.2) is 53.4 Å². The topological polar surface area (TPSA) is 71.4 Å². The predicted molar refractivity (Wildman–Crippen MR) is 137 cm³/mol. The van der Waals surface area contributed by atoms with Crippen LogP contribution < -0.4 is 5.32 Å². The highest BCUT2D eigenvalue weighted by Crippen LogP contribution is 2.34. The standard InChI is InChI=1S/C27H24F3N3O3S/c1-15-8-16(2)10-22(9-15)33-17(3)11-19(18(33)4)12-23-25(35)32(26(36)37-23)14-24(34)31-21-7-5-6-20(13-21)27(28,29)30/h5-13H,14H2,1-4H3,(H,31,34)/b23-12-. The number of halogens is 3. The van der Waals surface area contributed by atoms with Crippen molar-refractivity contribution in [3.05, 3.63) is 87.1 Å². The minimum atomic E-state index is -4.56. The van der Waals surface area contributed by atoms with Gasteiger partial charge in [0.25, 0.3) is 11.1 Å². The van der Waals surface area contributed by atoms with E-state index in [1.165, 1.54) is 6.07 Å². The third-order valence-electron chi connectivity index (χ3n) is 5.87. The summed E-state index contributed by atoms with van der Waals surface area (Å²) in [5.41, 5.74) is 4.83. The Morgan fingerprint density at radius 1 is 1.00 bits per heavy atom. The second kappa shape index (κ2) is 9.93. The van der Waals surface area contributed by atoms with E-state index < -0.39 is 35.3 Å². The first kappa shape index (κ1) is 26.3. The van der Waals surface area contributed by atoms with Gasteiger partial charge < -0.3 is 9.88 Å². The van der Waals surface area contributed by atoms with E-state index in [-0.39, 0.29) is 10.6 Å². The fourth-order valence-corrected chi connectivity index (χ4v) is 5.13. The van der Waals surface area contributed by atoms with Crippen molar-refractivity contribution in [2.75, 3.05) is 11.9 Å². The first-order valence-corrected chi connectivity index (χ1v) is 12.1. The van der Waals surface area contributed by atoms with Gasteiger partial charge in [0.1, 0.15) is 6.54 Å². The van der Waals surface area contributed by atoms with E-state index in [1.54, 1.807) is 6.08 Å². The van der Waals surface area contributed by atoms with Gasteiger partial charge >= 0.3 is 6.18 Å². The Morgan fingerprint density at radius 2 is 1.68 bits per heavy atom. The van der Waals surface area contributed by atoms with Crippen molar-refractivity contribution in [3.8, 4) is 5.69 Å². The van der Waals surface area contributed by atoms with E-state index in [0.717, 1.165) is 56.9 Å². The molecule has 0 atom stereocenters. The van der Waals surface area contributed by atoms with Crippen molar-refractivity contribution < 1.29 is 27.6 Å². The first-order chi connectivity index (χ1) is 17.3.